The maximum absolute atomic E-state index is 12.7. The Bertz CT molecular complexity index is 1020. The van der Waals surface area contributed by atoms with Crippen LogP contribution in [0.25, 0.3) is 0 Å². The number of urea groups is 2. The van der Waals surface area contributed by atoms with Gasteiger partial charge in [0.1, 0.15) is 5.82 Å². The molecule has 1 aliphatic rings. The van der Waals surface area contributed by atoms with Gasteiger partial charge in [-0.05, 0) is 47.9 Å². The molecule has 29 heavy (non-hydrogen) atoms. The van der Waals surface area contributed by atoms with Crippen LogP contribution in [0.1, 0.15) is 11.1 Å². The minimum atomic E-state index is -0.431. The van der Waals surface area contributed by atoms with Crippen LogP contribution in [-0.4, -0.2) is 35.0 Å². The Kier molecular flexibility index (Phi) is 5.11. The summed E-state index contributed by atoms with van der Waals surface area (Å²) in [4.78, 5) is 32.2. The lowest BCUT2D eigenvalue weighted by Gasteiger charge is -2.18. The van der Waals surface area contributed by atoms with Gasteiger partial charge in [0.2, 0.25) is 0 Å². The minimum absolute atomic E-state index is 0.321. The van der Waals surface area contributed by atoms with Crippen molar-refractivity contribution in [1.82, 2.24) is 9.88 Å². The summed E-state index contributed by atoms with van der Waals surface area (Å²) in [6, 6.07) is 19.8. The van der Waals surface area contributed by atoms with Gasteiger partial charge in [-0.15, -0.1) is 0 Å². The summed E-state index contributed by atoms with van der Waals surface area (Å²) in [6.07, 6.45) is 2.41. The van der Waals surface area contributed by atoms with Gasteiger partial charge in [-0.2, -0.15) is 0 Å². The molecule has 0 bridgehead atoms. The van der Waals surface area contributed by atoms with Crippen LogP contribution in [0.4, 0.5) is 26.8 Å². The Morgan fingerprint density at radius 2 is 1.83 bits per heavy atom. The first kappa shape index (κ1) is 18.5. The van der Waals surface area contributed by atoms with Crippen molar-refractivity contribution in [3.8, 4) is 0 Å². The van der Waals surface area contributed by atoms with Crippen LogP contribution >= 0.6 is 0 Å². The van der Waals surface area contributed by atoms with Crippen molar-refractivity contribution in [1.29, 1.82) is 0 Å². The van der Waals surface area contributed by atoms with Gasteiger partial charge in [0.05, 0.1) is 6.54 Å². The summed E-state index contributed by atoms with van der Waals surface area (Å²) in [6.45, 7) is 0.816. The normalized spacial score (nSPS) is 13.6. The quantitative estimate of drug-likeness (QED) is 0.714. The molecule has 2 heterocycles. The molecular weight excluding hydrogens is 366 g/mol. The van der Waals surface area contributed by atoms with Gasteiger partial charge in [-0.25, -0.2) is 19.5 Å². The second-order valence-electron chi connectivity index (χ2n) is 6.82. The number of carbonyl (C=O) groups is 2. The van der Waals surface area contributed by atoms with Crippen molar-refractivity contribution < 1.29 is 9.59 Å². The molecule has 1 aliphatic heterocycles. The van der Waals surface area contributed by atoms with Gasteiger partial charge in [0.15, 0.2) is 0 Å². The topological polar surface area (TPSA) is 91.6 Å². The third-order valence-electron chi connectivity index (χ3n) is 4.76. The van der Waals surface area contributed by atoms with Crippen molar-refractivity contribution in [3.05, 3.63) is 84.1 Å². The Morgan fingerprint density at radius 1 is 1.00 bits per heavy atom. The maximum atomic E-state index is 12.7. The summed E-state index contributed by atoms with van der Waals surface area (Å²) in [5.74, 6) is 0.481. The molecule has 0 aliphatic carbocycles. The number of hydrogen-bond donors (Lipinski definition) is 2. The van der Waals surface area contributed by atoms with E-state index in [0.29, 0.717) is 31.0 Å². The lowest BCUT2D eigenvalue weighted by atomic mass is 10.1. The lowest BCUT2D eigenvalue weighted by Crippen LogP contribution is -2.39. The van der Waals surface area contributed by atoms with E-state index in [-0.39, 0.29) is 6.03 Å². The van der Waals surface area contributed by atoms with Crippen LogP contribution in [0, 0.1) is 0 Å². The average Bonchev–Trinajstić information content (AvgIpc) is 3.12. The number of aromatic nitrogens is 1. The number of amides is 4. The summed E-state index contributed by atoms with van der Waals surface area (Å²) in [5.41, 5.74) is 9.09. The standard InChI is InChI=1S/C22H21N5O2/c23-20-10-9-17(15-24-20)13-16-5-4-6-18(14-16)25-21(28)27-12-11-26(22(27)29)19-7-2-1-3-8-19/h1-10,14-15H,11-13H2,(H2,23,24)(H,25,28). The van der Waals surface area contributed by atoms with E-state index >= 15 is 0 Å². The fourth-order valence-electron chi connectivity index (χ4n) is 3.30. The first-order valence-electron chi connectivity index (χ1n) is 9.34. The first-order chi connectivity index (χ1) is 14.1. The van der Waals surface area contributed by atoms with Crippen LogP contribution < -0.4 is 16.0 Å². The number of imide groups is 1. The zero-order valence-corrected chi connectivity index (χ0v) is 15.8. The van der Waals surface area contributed by atoms with E-state index in [4.69, 9.17) is 5.73 Å². The molecule has 7 nitrogen and oxygen atoms in total. The number of nitrogens with one attached hydrogen (secondary N) is 1. The Labute approximate surface area is 168 Å². The SMILES string of the molecule is Nc1ccc(Cc2cccc(NC(=O)N3CCN(c4ccccc4)C3=O)c2)cn1. The highest BCUT2D eigenvalue weighted by Gasteiger charge is 2.34. The van der Waals surface area contributed by atoms with Gasteiger partial charge >= 0.3 is 12.1 Å². The molecule has 7 heteroatoms. The second-order valence-corrected chi connectivity index (χ2v) is 6.82. The molecule has 0 radical (unpaired) electrons. The van der Waals surface area contributed by atoms with Crippen molar-refractivity contribution in [2.24, 2.45) is 0 Å². The summed E-state index contributed by atoms with van der Waals surface area (Å²) in [5, 5.41) is 2.83. The van der Waals surface area contributed by atoms with Gasteiger partial charge < -0.3 is 11.1 Å². The molecule has 0 spiro atoms. The summed E-state index contributed by atoms with van der Waals surface area (Å²) in [7, 11) is 0. The number of rotatable bonds is 4. The van der Waals surface area contributed by atoms with E-state index in [9.17, 15) is 9.59 Å². The first-order valence-corrected chi connectivity index (χ1v) is 9.34. The Hall–Kier alpha value is -3.87. The molecule has 0 atom stereocenters. The fraction of sp³-hybridized carbons (Fsp3) is 0.136. The molecule has 0 unspecified atom stereocenters. The van der Waals surface area contributed by atoms with Crippen molar-refractivity contribution in [2.45, 2.75) is 6.42 Å². The zero-order valence-electron chi connectivity index (χ0n) is 15.8. The fourth-order valence-corrected chi connectivity index (χ4v) is 3.30. The smallest absolute Gasteiger partial charge is 0.332 e. The van der Waals surface area contributed by atoms with Crippen molar-refractivity contribution in [2.75, 3.05) is 29.0 Å². The van der Waals surface area contributed by atoms with E-state index in [1.807, 2.05) is 54.6 Å². The molecular formula is C22H21N5O2. The molecule has 4 amide bonds. The molecule has 3 N–H and O–H groups in total. The number of nitrogen functional groups attached to an aromatic ring is 1. The Balaban J connectivity index is 1.42. The van der Waals surface area contributed by atoms with E-state index in [2.05, 4.69) is 10.3 Å². The molecule has 2 aromatic carbocycles. The van der Waals surface area contributed by atoms with Crippen LogP contribution in [0.3, 0.4) is 0 Å². The summed E-state index contributed by atoms with van der Waals surface area (Å²) >= 11 is 0. The molecule has 1 aromatic heterocycles. The van der Waals surface area contributed by atoms with Gasteiger partial charge in [-0.1, -0.05) is 36.4 Å². The van der Waals surface area contributed by atoms with Crippen molar-refractivity contribution >= 4 is 29.3 Å². The molecule has 1 saturated heterocycles. The molecule has 0 saturated carbocycles. The zero-order chi connectivity index (χ0) is 20.2. The third kappa shape index (κ3) is 4.19. The number of carbonyl (C=O) groups excluding carboxylic acids is 2. The number of para-hydroxylation sites is 1. The number of nitrogens with two attached hydrogens (primary N) is 1. The molecule has 146 valence electrons. The number of hydrogen-bond acceptors (Lipinski definition) is 4. The maximum Gasteiger partial charge on any atom is 0.332 e. The van der Waals surface area contributed by atoms with Gasteiger partial charge in [-0.3, -0.25) is 4.90 Å². The predicted molar refractivity (Wildman–Crippen MR) is 113 cm³/mol. The average molecular weight is 387 g/mol. The Morgan fingerprint density at radius 3 is 2.59 bits per heavy atom. The van der Waals surface area contributed by atoms with Crippen molar-refractivity contribution in [3.63, 3.8) is 0 Å². The van der Waals surface area contributed by atoms with Crippen LogP contribution in [0.5, 0.6) is 0 Å². The van der Waals surface area contributed by atoms with E-state index in [1.54, 1.807) is 23.2 Å². The summed E-state index contributed by atoms with van der Waals surface area (Å²) < 4.78 is 0. The van der Waals surface area contributed by atoms with E-state index in [1.165, 1.54) is 4.90 Å². The molecule has 3 aromatic rings. The molecule has 4 rings (SSSR count). The van der Waals surface area contributed by atoms with Crippen LogP contribution in [-0.2, 0) is 6.42 Å². The van der Waals surface area contributed by atoms with E-state index < -0.39 is 6.03 Å². The highest BCUT2D eigenvalue weighted by atomic mass is 16.2. The van der Waals surface area contributed by atoms with Gasteiger partial charge in [0.25, 0.3) is 0 Å². The number of anilines is 3. The van der Waals surface area contributed by atoms with Gasteiger partial charge in [0, 0.05) is 24.1 Å². The lowest BCUT2D eigenvalue weighted by molar-refractivity contribution is 0.209. The largest absolute Gasteiger partial charge is 0.384 e. The number of nitrogens with zero attached hydrogens (tertiary/aromatic N) is 3. The van der Waals surface area contributed by atoms with E-state index in [0.717, 1.165) is 16.8 Å². The van der Waals surface area contributed by atoms with Crippen LogP contribution in [0.15, 0.2) is 72.9 Å². The van der Waals surface area contributed by atoms with Crippen LogP contribution in [0.2, 0.25) is 0 Å². The highest BCUT2D eigenvalue weighted by molar-refractivity contribution is 6.08. The second kappa shape index (κ2) is 8.02. The number of pyridine rings is 1. The minimum Gasteiger partial charge on any atom is -0.384 e. The monoisotopic (exact) mass is 387 g/mol. The third-order valence-corrected chi connectivity index (χ3v) is 4.76. The highest BCUT2D eigenvalue weighted by Crippen LogP contribution is 2.21. The number of benzene rings is 2. The predicted octanol–water partition coefficient (Wildman–Crippen LogP) is 3.73. The molecule has 1 fully saturated rings.